The maximum Gasteiger partial charge on any atom is 0.267 e. The van der Waals surface area contributed by atoms with Gasteiger partial charge in [-0.3, -0.25) is 14.6 Å². The van der Waals surface area contributed by atoms with Crippen molar-refractivity contribution in [2.45, 2.75) is 43.5 Å². The molecule has 3 heterocycles. The van der Waals surface area contributed by atoms with Gasteiger partial charge in [-0.15, -0.1) is 0 Å². The number of fused-ring (bicyclic) bond motifs is 2. The Balaban J connectivity index is 1.82. The molecule has 0 saturated carbocycles. The van der Waals surface area contributed by atoms with Crippen LogP contribution in [-0.4, -0.2) is 22.4 Å². The SMILES string of the molecule is Cc1ccc(S(=O)(=O)c2cc3c(=O)n4cccc(C)c4nc3n(CCc3ccccc3)c2=N)cc1C. The van der Waals surface area contributed by atoms with Gasteiger partial charge in [-0.2, -0.15) is 0 Å². The van der Waals surface area contributed by atoms with E-state index in [9.17, 15) is 13.2 Å². The normalized spacial score (nSPS) is 11.9. The summed E-state index contributed by atoms with van der Waals surface area (Å²) in [5.74, 6) is 0. The zero-order valence-electron chi connectivity index (χ0n) is 20.3. The minimum Gasteiger partial charge on any atom is -0.309 e. The van der Waals surface area contributed by atoms with Crippen molar-refractivity contribution in [3.63, 3.8) is 0 Å². The molecule has 0 unspecified atom stereocenters. The molecule has 0 aliphatic rings. The Morgan fingerprint density at radius 3 is 2.33 bits per heavy atom. The highest BCUT2D eigenvalue weighted by Gasteiger charge is 2.24. The van der Waals surface area contributed by atoms with Crippen LogP contribution in [-0.2, 0) is 22.8 Å². The van der Waals surface area contributed by atoms with Crippen LogP contribution in [0.1, 0.15) is 22.3 Å². The first-order chi connectivity index (χ1) is 17.2. The molecule has 3 aromatic heterocycles. The van der Waals surface area contributed by atoms with E-state index in [4.69, 9.17) is 10.4 Å². The second-order valence-corrected chi connectivity index (χ2v) is 11.0. The van der Waals surface area contributed by atoms with E-state index in [0.29, 0.717) is 24.3 Å². The monoisotopic (exact) mass is 498 g/mol. The molecule has 0 bridgehead atoms. The maximum absolute atomic E-state index is 13.8. The van der Waals surface area contributed by atoms with Gasteiger partial charge in [-0.1, -0.05) is 42.5 Å². The standard InChI is InChI=1S/C28H26N4O3S/c1-18-11-12-22(16-20(18)3)36(34,35)24-17-23-27(30-26-19(2)8-7-14-32(26)28(23)33)31(25(24)29)15-13-21-9-5-4-6-10-21/h4-12,14,16-17,29H,13,15H2,1-3H3. The highest BCUT2D eigenvalue weighted by Crippen LogP contribution is 2.23. The lowest BCUT2D eigenvalue weighted by Gasteiger charge is -2.16. The fourth-order valence-electron chi connectivity index (χ4n) is 4.39. The van der Waals surface area contributed by atoms with Crippen LogP contribution in [0.4, 0.5) is 0 Å². The van der Waals surface area contributed by atoms with Gasteiger partial charge < -0.3 is 4.57 Å². The number of pyridine rings is 2. The third-order valence-electron chi connectivity index (χ3n) is 6.64. The van der Waals surface area contributed by atoms with Crippen LogP contribution in [0.3, 0.4) is 0 Å². The van der Waals surface area contributed by atoms with Crippen LogP contribution in [0, 0.1) is 26.2 Å². The quantitative estimate of drug-likeness (QED) is 0.369. The smallest absolute Gasteiger partial charge is 0.267 e. The number of aromatic nitrogens is 3. The van der Waals surface area contributed by atoms with Gasteiger partial charge in [0.2, 0.25) is 9.84 Å². The second-order valence-electron chi connectivity index (χ2n) is 9.03. The molecule has 0 radical (unpaired) electrons. The fourth-order valence-corrected chi connectivity index (χ4v) is 5.86. The Hall–Kier alpha value is -4.04. The minimum atomic E-state index is -4.07. The van der Waals surface area contributed by atoms with E-state index in [1.54, 1.807) is 35.0 Å². The molecule has 5 aromatic rings. The largest absolute Gasteiger partial charge is 0.309 e. The number of aryl methyl sites for hydroxylation is 5. The molecule has 5 rings (SSSR count). The first-order valence-electron chi connectivity index (χ1n) is 11.6. The molecular weight excluding hydrogens is 472 g/mol. The molecule has 0 fully saturated rings. The van der Waals surface area contributed by atoms with Crippen molar-refractivity contribution in [2.75, 3.05) is 0 Å². The van der Waals surface area contributed by atoms with Gasteiger partial charge in [0.05, 0.1) is 10.3 Å². The van der Waals surface area contributed by atoms with Crippen molar-refractivity contribution in [1.82, 2.24) is 14.0 Å². The van der Waals surface area contributed by atoms with Crippen molar-refractivity contribution in [3.8, 4) is 0 Å². The molecule has 0 spiro atoms. The lowest BCUT2D eigenvalue weighted by Crippen LogP contribution is -2.30. The number of nitrogens with zero attached hydrogens (tertiary/aromatic N) is 3. The van der Waals surface area contributed by atoms with Crippen LogP contribution in [0.2, 0.25) is 0 Å². The summed E-state index contributed by atoms with van der Waals surface area (Å²) in [6.45, 7) is 5.92. The summed E-state index contributed by atoms with van der Waals surface area (Å²) in [7, 11) is -4.07. The van der Waals surface area contributed by atoms with Crippen molar-refractivity contribution < 1.29 is 8.42 Å². The fraction of sp³-hybridized carbons (Fsp3) is 0.179. The number of hydrogen-bond donors (Lipinski definition) is 1. The first kappa shape index (κ1) is 23.7. The number of rotatable bonds is 5. The third kappa shape index (κ3) is 3.93. The zero-order chi connectivity index (χ0) is 25.6. The summed E-state index contributed by atoms with van der Waals surface area (Å²) in [6, 6.07) is 19.6. The molecule has 0 amide bonds. The van der Waals surface area contributed by atoms with Crippen LogP contribution in [0.25, 0.3) is 16.7 Å². The van der Waals surface area contributed by atoms with Gasteiger partial charge in [0.25, 0.3) is 5.56 Å². The van der Waals surface area contributed by atoms with Crippen molar-refractivity contribution in [3.05, 3.63) is 111 Å². The Morgan fingerprint density at radius 1 is 0.861 bits per heavy atom. The molecule has 36 heavy (non-hydrogen) atoms. The van der Waals surface area contributed by atoms with Gasteiger partial charge in [0, 0.05) is 12.7 Å². The average Bonchev–Trinajstić information content (AvgIpc) is 2.86. The Kier molecular flexibility index (Phi) is 5.84. The van der Waals surface area contributed by atoms with Gasteiger partial charge >= 0.3 is 0 Å². The summed E-state index contributed by atoms with van der Waals surface area (Å²) in [4.78, 5) is 18.2. The van der Waals surface area contributed by atoms with E-state index >= 15 is 0 Å². The summed E-state index contributed by atoms with van der Waals surface area (Å²) < 4.78 is 30.5. The van der Waals surface area contributed by atoms with Gasteiger partial charge in [0.1, 0.15) is 21.7 Å². The predicted octanol–water partition coefficient (Wildman–Crippen LogP) is 4.13. The van der Waals surface area contributed by atoms with Crippen molar-refractivity contribution in [1.29, 1.82) is 5.41 Å². The molecule has 8 heteroatoms. The maximum atomic E-state index is 13.8. The molecule has 0 aliphatic heterocycles. The predicted molar refractivity (Wildman–Crippen MR) is 139 cm³/mol. The van der Waals surface area contributed by atoms with E-state index in [1.807, 2.05) is 57.2 Å². The summed E-state index contributed by atoms with van der Waals surface area (Å²) >= 11 is 0. The van der Waals surface area contributed by atoms with E-state index in [1.165, 1.54) is 10.5 Å². The molecule has 2 aromatic carbocycles. The van der Waals surface area contributed by atoms with Gasteiger partial charge in [-0.25, -0.2) is 13.4 Å². The van der Waals surface area contributed by atoms with Gasteiger partial charge in [0.15, 0.2) is 0 Å². The van der Waals surface area contributed by atoms with Crippen LogP contribution < -0.4 is 11.0 Å². The molecule has 1 N–H and O–H groups in total. The highest BCUT2D eigenvalue weighted by atomic mass is 32.2. The summed E-state index contributed by atoms with van der Waals surface area (Å²) in [5, 5.41) is 9.12. The Morgan fingerprint density at radius 2 is 1.61 bits per heavy atom. The Bertz CT molecular complexity index is 1870. The molecule has 0 saturated heterocycles. The molecule has 182 valence electrons. The van der Waals surface area contributed by atoms with E-state index in [2.05, 4.69) is 0 Å². The molecular formula is C28H26N4O3S. The Labute approximate surface area is 208 Å². The zero-order valence-corrected chi connectivity index (χ0v) is 21.1. The number of benzene rings is 2. The van der Waals surface area contributed by atoms with Crippen LogP contribution >= 0.6 is 0 Å². The van der Waals surface area contributed by atoms with E-state index in [-0.39, 0.29) is 26.2 Å². The van der Waals surface area contributed by atoms with E-state index < -0.39 is 9.84 Å². The number of hydrogen-bond acceptors (Lipinski definition) is 5. The number of sulfone groups is 1. The average molecular weight is 499 g/mol. The van der Waals surface area contributed by atoms with Gasteiger partial charge in [-0.05, 0) is 73.7 Å². The summed E-state index contributed by atoms with van der Waals surface area (Å²) in [5.41, 5.74) is 3.87. The van der Waals surface area contributed by atoms with E-state index in [0.717, 1.165) is 22.3 Å². The molecule has 7 nitrogen and oxygen atoms in total. The van der Waals surface area contributed by atoms with Crippen LogP contribution in [0.5, 0.6) is 0 Å². The molecule has 0 atom stereocenters. The third-order valence-corrected chi connectivity index (χ3v) is 8.41. The van der Waals surface area contributed by atoms with Crippen LogP contribution in [0.15, 0.2) is 87.5 Å². The highest BCUT2D eigenvalue weighted by molar-refractivity contribution is 7.91. The topological polar surface area (TPSA) is 97.3 Å². The summed E-state index contributed by atoms with van der Waals surface area (Å²) in [6.07, 6.45) is 2.17. The molecule has 0 aliphatic carbocycles. The lowest BCUT2D eigenvalue weighted by molar-refractivity contribution is 0.587. The van der Waals surface area contributed by atoms with Crippen molar-refractivity contribution >= 4 is 26.5 Å². The minimum absolute atomic E-state index is 0.0951. The lowest BCUT2D eigenvalue weighted by atomic mass is 10.1. The number of nitrogens with one attached hydrogen (secondary N) is 1. The van der Waals surface area contributed by atoms with Crippen molar-refractivity contribution in [2.24, 2.45) is 0 Å². The second kappa shape index (κ2) is 8.87. The first-order valence-corrected chi connectivity index (χ1v) is 13.1.